The maximum Gasteiger partial charge on any atom is 0.238 e. The molecule has 0 aliphatic heterocycles. The van der Waals surface area contributed by atoms with Crippen molar-refractivity contribution in [3.63, 3.8) is 0 Å². The van der Waals surface area contributed by atoms with E-state index in [0.29, 0.717) is 10.6 Å². The first kappa shape index (κ1) is 13.1. The van der Waals surface area contributed by atoms with Crippen LogP contribution in [-0.4, -0.2) is 17.3 Å². The first-order chi connectivity index (χ1) is 8.10. The van der Waals surface area contributed by atoms with Gasteiger partial charge in [0.1, 0.15) is 23.2 Å². The second-order valence-corrected chi connectivity index (χ2v) is 4.13. The normalized spacial score (nSPS) is 11.4. The predicted octanol–water partition coefficient (Wildman–Crippen LogP) is 2.67. The predicted molar refractivity (Wildman–Crippen MR) is 64.8 cm³/mol. The lowest BCUT2D eigenvalue weighted by molar-refractivity contribution is -0.107. The first-order valence-corrected chi connectivity index (χ1v) is 5.57. The number of hydrogen-bond acceptors (Lipinski definition) is 5. The zero-order valence-corrected chi connectivity index (χ0v) is 10.2. The molecular formula is C12H11NO3S. The number of thioether (sulfide) groups is 1. The summed E-state index contributed by atoms with van der Waals surface area (Å²) in [5, 5.41) is 17.4. The molecule has 0 spiro atoms. The van der Waals surface area contributed by atoms with Crippen LogP contribution >= 0.6 is 11.8 Å². The molecule has 0 radical (unpaired) electrons. The molecule has 0 heterocycles. The summed E-state index contributed by atoms with van der Waals surface area (Å²) in [6.45, 7) is 1.30. The number of rotatable bonds is 3. The highest BCUT2D eigenvalue weighted by Gasteiger charge is 2.16. The van der Waals surface area contributed by atoms with Crippen LogP contribution in [0.2, 0.25) is 0 Å². The smallest absolute Gasteiger partial charge is 0.238 e. The summed E-state index contributed by atoms with van der Waals surface area (Å²) < 4.78 is 5.09. The van der Waals surface area contributed by atoms with Crippen molar-refractivity contribution in [3.8, 4) is 11.8 Å². The van der Waals surface area contributed by atoms with Gasteiger partial charge in [-0.3, -0.25) is 4.79 Å². The number of allylic oxidation sites excluding steroid dienone is 1. The van der Waals surface area contributed by atoms with Crippen molar-refractivity contribution in [1.82, 2.24) is 0 Å². The van der Waals surface area contributed by atoms with Gasteiger partial charge in [0.15, 0.2) is 0 Å². The van der Waals surface area contributed by atoms with Gasteiger partial charge in [0.05, 0.1) is 12.0 Å². The highest BCUT2D eigenvalue weighted by atomic mass is 32.2. The molecule has 88 valence electrons. The van der Waals surface area contributed by atoms with Gasteiger partial charge in [-0.05, 0) is 30.8 Å². The summed E-state index contributed by atoms with van der Waals surface area (Å²) in [5.74, 6) is 0.277. The van der Waals surface area contributed by atoms with Crippen LogP contribution in [0.3, 0.4) is 0 Å². The monoisotopic (exact) mass is 249 g/mol. The number of aliphatic hydroxyl groups excluding tert-OH is 1. The van der Waals surface area contributed by atoms with E-state index in [4.69, 9.17) is 10.00 Å². The number of aliphatic hydroxyl groups is 1. The van der Waals surface area contributed by atoms with Crippen molar-refractivity contribution >= 4 is 16.9 Å². The van der Waals surface area contributed by atoms with Crippen LogP contribution in [0.4, 0.5) is 0 Å². The van der Waals surface area contributed by atoms with Crippen molar-refractivity contribution in [2.45, 2.75) is 11.8 Å². The lowest BCUT2D eigenvalue weighted by atomic mass is 10.3. The molecule has 0 fully saturated rings. The molecular weight excluding hydrogens is 238 g/mol. The molecule has 0 bridgehead atoms. The van der Waals surface area contributed by atoms with Gasteiger partial charge in [0.2, 0.25) is 5.12 Å². The molecule has 0 unspecified atom stereocenters. The minimum Gasteiger partial charge on any atom is -0.511 e. The number of carbonyl (C=O) groups is 1. The number of nitrogens with zero attached hydrogens (tertiary/aromatic N) is 1. The molecule has 0 saturated heterocycles. The van der Waals surface area contributed by atoms with Gasteiger partial charge in [0.25, 0.3) is 0 Å². The van der Waals surface area contributed by atoms with E-state index in [-0.39, 0.29) is 11.3 Å². The van der Waals surface area contributed by atoms with Crippen molar-refractivity contribution in [2.75, 3.05) is 7.11 Å². The largest absolute Gasteiger partial charge is 0.511 e. The molecule has 17 heavy (non-hydrogen) atoms. The third kappa shape index (κ3) is 3.26. The zero-order valence-electron chi connectivity index (χ0n) is 9.43. The number of nitriles is 1. The molecule has 5 heteroatoms. The molecule has 4 nitrogen and oxygen atoms in total. The number of carbonyl (C=O) groups excluding carboxylic acids is 1. The zero-order chi connectivity index (χ0) is 12.8. The highest BCUT2D eigenvalue weighted by molar-refractivity contribution is 8.14. The van der Waals surface area contributed by atoms with Gasteiger partial charge in [-0.1, -0.05) is 12.1 Å². The fraction of sp³-hybridized carbons (Fsp3) is 0.167. The van der Waals surface area contributed by atoms with Crippen LogP contribution in [0.5, 0.6) is 5.75 Å². The standard InChI is InChI=1S/C12H11NO3S/c1-8(14)9(7-13)12(15)17-11-6-4-3-5-10(11)16-2/h3-6,14H,1-2H3/b9-8-. The van der Waals surface area contributed by atoms with Gasteiger partial charge < -0.3 is 9.84 Å². The Morgan fingerprint density at radius 3 is 2.65 bits per heavy atom. The van der Waals surface area contributed by atoms with E-state index in [1.807, 2.05) is 0 Å². The summed E-state index contributed by atoms with van der Waals surface area (Å²) in [6, 6.07) is 8.66. The first-order valence-electron chi connectivity index (χ1n) is 4.75. The van der Waals surface area contributed by atoms with E-state index in [0.717, 1.165) is 11.8 Å². The summed E-state index contributed by atoms with van der Waals surface area (Å²) in [6.07, 6.45) is 0. The molecule has 1 aromatic rings. The summed E-state index contributed by atoms with van der Waals surface area (Å²) in [5.41, 5.74) is -0.249. The molecule has 0 atom stereocenters. The van der Waals surface area contributed by atoms with E-state index in [2.05, 4.69) is 0 Å². The fourth-order valence-corrected chi connectivity index (χ4v) is 2.02. The van der Waals surface area contributed by atoms with Crippen molar-refractivity contribution in [2.24, 2.45) is 0 Å². The Morgan fingerprint density at radius 2 is 2.12 bits per heavy atom. The summed E-state index contributed by atoms with van der Waals surface area (Å²) in [4.78, 5) is 12.3. The third-order valence-corrected chi connectivity index (χ3v) is 2.90. The minimum atomic E-state index is -0.503. The number of hydrogen-bond donors (Lipinski definition) is 1. The molecule has 1 N–H and O–H groups in total. The maximum atomic E-state index is 11.7. The second-order valence-electron chi connectivity index (χ2n) is 3.11. The molecule has 0 aliphatic carbocycles. The van der Waals surface area contributed by atoms with Crippen molar-refractivity contribution in [3.05, 3.63) is 35.6 Å². The third-order valence-electron chi connectivity index (χ3n) is 1.95. The lowest BCUT2D eigenvalue weighted by Gasteiger charge is -2.06. The van der Waals surface area contributed by atoms with Crippen molar-refractivity contribution < 1.29 is 14.6 Å². The summed E-state index contributed by atoms with van der Waals surface area (Å²) >= 11 is 0.852. The summed E-state index contributed by atoms with van der Waals surface area (Å²) in [7, 11) is 1.50. The molecule has 0 aromatic heterocycles. The Hall–Kier alpha value is -1.93. The Balaban J connectivity index is 2.97. The van der Waals surface area contributed by atoms with Gasteiger partial charge in [-0.15, -0.1) is 0 Å². The average Bonchev–Trinajstić information content (AvgIpc) is 2.30. The molecule has 0 amide bonds. The average molecular weight is 249 g/mol. The van der Waals surface area contributed by atoms with Crippen LogP contribution in [0.25, 0.3) is 0 Å². The van der Waals surface area contributed by atoms with E-state index in [1.54, 1.807) is 30.3 Å². The Labute approximate surface area is 104 Å². The quantitative estimate of drug-likeness (QED) is 0.386. The van der Waals surface area contributed by atoms with Gasteiger partial charge >= 0.3 is 0 Å². The van der Waals surface area contributed by atoms with Gasteiger partial charge in [-0.25, -0.2) is 0 Å². The van der Waals surface area contributed by atoms with Crippen LogP contribution < -0.4 is 4.74 Å². The number of benzene rings is 1. The van der Waals surface area contributed by atoms with Crippen LogP contribution in [-0.2, 0) is 4.79 Å². The van der Waals surface area contributed by atoms with E-state index in [1.165, 1.54) is 14.0 Å². The highest BCUT2D eigenvalue weighted by Crippen LogP contribution is 2.31. The van der Waals surface area contributed by atoms with Gasteiger partial charge in [-0.2, -0.15) is 5.26 Å². The number of methoxy groups -OCH3 is 1. The van der Waals surface area contributed by atoms with Crippen LogP contribution in [0.15, 0.2) is 40.5 Å². The van der Waals surface area contributed by atoms with Crippen LogP contribution in [0.1, 0.15) is 6.92 Å². The van der Waals surface area contributed by atoms with Gasteiger partial charge in [0, 0.05) is 0 Å². The Kier molecular flexibility index (Phi) is 4.61. The van der Waals surface area contributed by atoms with E-state index in [9.17, 15) is 9.90 Å². The lowest BCUT2D eigenvalue weighted by Crippen LogP contribution is -1.99. The molecule has 1 aromatic carbocycles. The Bertz CT molecular complexity index is 499. The van der Waals surface area contributed by atoms with E-state index < -0.39 is 5.12 Å². The number of para-hydroxylation sites is 1. The topological polar surface area (TPSA) is 70.3 Å². The fourth-order valence-electron chi connectivity index (χ4n) is 1.13. The minimum absolute atomic E-state index is 0.249. The second kappa shape index (κ2) is 5.97. The SMILES string of the molecule is COc1ccccc1SC(=O)/C(C#N)=C(/C)O. The molecule has 0 aliphatic rings. The maximum absolute atomic E-state index is 11.7. The van der Waals surface area contributed by atoms with Crippen LogP contribution in [0, 0.1) is 11.3 Å². The number of ether oxygens (including phenoxy) is 1. The van der Waals surface area contributed by atoms with E-state index >= 15 is 0 Å². The molecule has 0 saturated carbocycles. The van der Waals surface area contributed by atoms with Crippen molar-refractivity contribution in [1.29, 1.82) is 5.26 Å². The molecule has 1 rings (SSSR count). The Morgan fingerprint density at radius 1 is 1.47 bits per heavy atom.